The van der Waals surface area contributed by atoms with Crippen LogP contribution in [0.5, 0.6) is 0 Å². The zero-order valence-electron chi connectivity index (χ0n) is 48.4. The molecule has 8 aromatic heterocycles. The van der Waals surface area contributed by atoms with Crippen molar-refractivity contribution < 1.29 is 0 Å². The quantitative estimate of drug-likeness (QED) is 0.160. The van der Waals surface area contributed by atoms with E-state index in [1.165, 1.54) is 87.2 Å². The summed E-state index contributed by atoms with van der Waals surface area (Å²) < 4.78 is 14.6. The normalized spacial score (nSPS) is 12.2. The second-order valence-corrected chi connectivity index (χ2v) is 23.7. The molecule has 0 bridgehead atoms. The number of fused-ring (bicyclic) bond motifs is 18. The molecule has 0 aliphatic heterocycles. The number of nitrogens with zero attached hydrogens (tertiary/aromatic N) is 8. The topological polar surface area (TPSA) is 55.4 Å². The molecule has 8 heteroatoms. The van der Waals surface area contributed by atoms with E-state index in [1.807, 2.05) is 24.8 Å². The van der Waals surface area contributed by atoms with Gasteiger partial charge in [0.05, 0.1) is 77.6 Å². The van der Waals surface area contributed by atoms with Gasteiger partial charge in [-0.05, 0) is 133 Å². The van der Waals surface area contributed by atoms with Gasteiger partial charge in [-0.2, -0.15) is 0 Å². The van der Waals surface area contributed by atoms with Crippen LogP contribution in [0.25, 0.3) is 176 Å². The molecule has 0 unspecified atom stereocenters. The summed E-state index contributed by atoms with van der Waals surface area (Å²) in [6.07, 6.45) is 7.92. The number of benzene rings is 12. The van der Waals surface area contributed by atoms with E-state index in [1.54, 1.807) is 0 Å². The van der Waals surface area contributed by atoms with E-state index < -0.39 is 0 Å². The van der Waals surface area contributed by atoms with E-state index in [0.717, 1.165) is 88.9 Å². The number of para-hydroxylation sites is 8. The molecule has 0 saturated heterocycles. The Bertz CT molecular complexity index is 5490. The lowest BCUT2D eigenvalue weighted by Crippen LogP contribution is -2.03. The molecule has 0 fully saturated rings. The molecule has 0 aliphatic carbocycles. The van der Waals surface area contributed by atoms with Crippen LogP contribution in [0.2, 0.25) is 0 Å². The van der Waals surface area contributed by atoms with Crippen molar-refractivity contribution in [2.75, 3.05) is 0 Å². The van der Waals surface area contributed by atoms with Gasteiger partial charge in [-0.15, -0.1) is 0 Å². The Labute approximate surface area is 514 Å². The SMILES string of the molecule is c1ccc2c(c1)c1ccccc1n2-c1ccc2c(c1)c1cc(-n3c4ccccc4c4ccccc43)ccc1n2-c1ccncc1-c1cnccc1-n1c2ccc(-n3c4ccccc4c4ccccc43)cc2c2cc(-n3c4ccccc4c4ccccc43)ccc21. The van der Waals surface area contributed by atoms with Crippen LogP contribution in [0.1, 0.15) is 0 Å². The van der Waals surface area contributed by atoms with Crippen LogP contribution in [-0.4, -0.2) is 37.4 Å². The molecular weight excluding hydrogens is 1100 g/mol. The van der Waals surface area contributed by atoms with E-state index in [4.69, 9.17) is 9.97 Å². The van der Waals surface area contributed by atoms with Crippen molar-refractivity contribution in [2.24, 2.45) is 0 Å². The van der Waals surface area contributed by atoms with Crippen molar-refractivity contribution in [3.63, 3.8) is 0 Å². The maximum Gasteiger partial charge on any atom is 0.0572 e. The van der Waals surface area contributed by atoms with Crippen molar-refractivity contribution in [1.29, 1.82) is 0 Å². The molecule has 8 nitrogen and oxygen atoms in total. The van der Waals surface area contributed by atoms with Crippen LogP contribution in [-0.2, 0) is 0 Å². The molecule has 0 atom stereocenters. The van der Waals surface area contributed by atoms with E-state index in [0.29, 0.717) is 0 Å². The van der Waals surface area contributed by atoms with Crippen molar-refractivity contribution in [1.82, 2.24) is 37.4 Å². The highest BCUT2D eigenvalue weighted by atomic mass is 15.0. The van der Waals surface area contributed by atoms with Crippen LogP contribution >= 0.6 is 0 Å². The summed E-state index contributed by atoms with van der Waals surface area (Å²) in [6, 6.07) is 103. The van der Waals surface area contributed by atoms with Gasteiger partial charge in [0, 0.05) is 123 Å². The maximum absolute atomic E-state index is 4.97. The molecule has 418 valence electrons. The van der Waals surface area contributed by atoms with Gasteiger partial charge in [-0.1, -0.05) is 146 Å². The molecule has 0 amide bonds. The summed E-state index contributed by atoms with van der Waals surface area (Å²) in [4.78, 5) is 9.93. The third kappa shape index (κ3) is 6.78. The van der Waals surface area contributed by atoms with Gasteiger partial charge in [0.1, 0.15) is 0 Å². The van der Waals surface area contributed by atoms with Gasteiger partial charge >= 0.3 is 0 Å². The smallest absolute Gasteiger partial charge is 0.0572 e. The number of rotatable bonds is 7. The van der Waals surface area contributed by atoms with Gasteiger partial charge in [0.25, 0.3) is 0 Å². The van der Waals surface area contributed by atoms with Crippen LogP contribution in [0.3, 0.4) is 0 Å². The molecule has 90 heavy (non-hydrogen) atoms. The summed E-state index contributed by atoms with van der Waals surface area (Å²) in [5.74, 6) is 0. The molecule has 20 aromatic rings. The van der Waals surface area contributed by atoms with E-state index in [9.17, 15) is 0 Å². The number of hydrogen-bond donors (Lipinski definition) is 0. The minimum absolute atomic E-state index is 0.955. The summed E-state index contributed by atoms with van der Waals surface area (Å²) in [5, 5.41) is 14.4. The molecule has 0 aliphatic rings. The van der Waals surface area contributed by atoms with Crippen molar-refractivity contribution in [2.45, 2.75) is 0 Å². The Morgan fingerprint density at radius 1 is 0.178 bits per heavy atom. The second-order valence-electron chi connectivity index (χ2n) is 23.7. The number of aromatic nitrogens is 8. The van der Waals surface area contributed by atoms with E-state index in [2.05, 4.69) is 306 Å². The van der Waals surface area contributed by atoms with Gasteiger partial charge < -0.3 is 27.4 Å². The zero-order valence-corrected chi connectivity index (χ0v) is 48.4. The van der Waals surface area contributed by atoms with Crippen LogP contribution in [0.4, 0.5) is 0 Å². The van der Waals surface area contributed by atoms with E-state index >= 15 is 0 Å². The van der Waals surface area contributed by atoms with Gasteiger partial charge in [-0.25, -0.2) is 0 Å². The highest BCUT2D eigenvalue weighted by Crippen LogP contribution is 2.45. The molecule has 12 aromatic carbocycles. The number of pyridine rings is 2. The minimum atomic E-state index is 0.955. The predicted octanol–water partition coefficient (Wildman–Crippen LogP) is 20.7. The molecule has 20 rings (SSSR count). The zero-order chi connectivity index (χ0) is 58.7. The molecule has 0 N–H and O–H groups in total. The fourth-order valence-corrected chi connectivity index (χ4v) is 15.5. The van der Waals surface area contributed by atoms with Crippen LogP contribution in [0, 0.1) is 0 Å². The Morgan fingerprint density at radius 3 is 0.600 bits per heavy atom. The van der Waals surface area contributed by atoms with Crippen LogP contribution in [0.15, 0.2) is 304 Å². The second kappa shape index (κ2) is 18.6. The van der Waals surface area contributed by atoms with Gasteiger partial charge in [-0.3, -0.25) is 9.97 Å². The van der Waals surface area contributed by atoms with E-state index in [-0.39, 0.29) is 0 Å². The third-order valence-corrected chi connectivity index (χ3v) is 19.2. The largest absolute Gasteiger partial charge is 0.309 e. The standard InChI is InChI=1S/C82H50N8/c1-9-25-69-55(17-1)56-18-2-10-26-70(56)85(69)51-33-37-77-63(45-51)64-46-52(86-71-27-11-3-19-57(71)58-20-4-12-28-72(58)86)34-38-78(64)89(77)81-41-43-83-49-67(81)68-50-84-44-42-82(68)90-79-39-35-53(87-73-29-13-5-21-59(73)60-22-6-14-30-74(60)87)47-65(79)66-48-54(36-40-80(66)90)88-75-31-15-7-23-61(75)62-24-8-16-32-76(62)88/h1-50H. The summed E-state index contributed by atoms with van der Waals surface area (Å²) in [7, 11) is 0. The maximum atomic E-state index is 4.97. The molecular formula is C82H50N8. The number of hydrogen-bond acceptors (Lipinski definition) is 2. The minimum Gasteiger partial charge on any atom is -0.309 e. The Morgan fingerprint density at radius 2 is 0.378 bits per heavy atom. The first-order chi connectivity index (χ1) is 44.7. The first-order valence-corrected chi connectivity index (χ1v) is 30.7. The lowest BCUT2D eigenvalue weighted by atomic mass is 10.1. The Balaban J connectivity index is 0.834. The molecule has 0 radical (unpaired) electrons. The summed E-state index contributed by atoms with van der Waals surface area (Å²) >= 11 is 0. The first-order valence-electron chi connectivity index (χ1n) is 30.7. The highest BCUT2D eigenvalue weighted by molar-refractivity contribution is 6.17. The fourth-order valence-electron chi connectivity index (χ4n) is 15.5. The fraction of sp³-hybridized carbons (Fsp3) is 0. The van der Waals surface area contributed by atoms with Crippen molar-refractivity contribution in [3.8, 4) is 45.3 Å². The molecule has 0 spiro atoms. The molecule has 8 heterocycles. The average molecular weight is 1150 g/mol. The Kier molecular flexibility index (Phi) is 10.1. The Hall–Kier alpha value is -12.3. The first kappa shape index (κ1) is 48.9. The summed E-state index contributed by atoms with van der Waals surface area (Å²) in [5.41, 5.74) is 22.0. The monoisotopic (exact) mass is 1150 g/mol. The third-order valence-electron chi connectivity index (χ3n) is 19.2. The lowest BCUT2D eigenvalue weighted by Gasteiger charge is -2.18. The molecule has 0 saturated carbocycles. The van der Waals surface area contributed by atoms with Gasteiger partial charge in [0.15, 0.2) is 0 Å². The highest BCUT2D eigenvalue weighted by Gasteiger charge is 2.25. The average Bonchev–Trinajstić information content (AvgIpc) is 1.79. The predicted molar refractivity (Wildman–Crippen MR) is 374 cm³/mol. The van der Waals surface area contributed by atoms with Crippen molar-refractivity contribution in [3.05, 3.63) is 304 Å². The van der Waals surface area contributed by atoms with Gasteiger partial charge in [0.2, 0.25) is 0 Å². The van der Waals surface area contributed by atoms with Crippen LogP contribution < -0.4 is 0 Å². The van der Waals surface area contributed by atoms with Crippen molar-refractivity contribution >= 4 is 131 Å². The lowest BCUT2D eigenvalue weighted by molar-refractivity contribution is 1.12. The summed E-state index contributed by atoms with van der Waals surface area (Å²) in [6.45, 7) is 0.